The van der Waals surface area contributed by atoms with Crippen molar-refractivity contribution in [1.29, 1.82) is 0 Å². The van der Waals surface area contributed by atoms with Crippen molar-refractivity contribution in [2.45, 2.75) is 41.4 Å². The minimum Gasteiger partial charge on any atom is -0.480 e. The van der Waals surface area contributed by atoms with Gasteiger partial charge < -0.3 is 10.4 Å². The summed E-state index contributed by atoms with van der Waals surface area (Å²) < 4.78 is 0. The molecule has 2 atom stereocenters. The van der Waals surface area contributed by atoms with Crippen molar-refractivity contribution in [2.24, 2.45) is 0 Å². The SMILES string of the molecule is CNC1(C(=O)O)CCCC(Sc2cc(Cl)ccc2Cl)C1. The summed E-state index contributed by atoms with van der Waals surface area (Å²) in [6.07, 6.45) is 3.14. The van der Waals surface area contributed by atoms with E-state index >= 15 is 0 Å². The Hall–Kier alpha value is -0.420. The summed E-state index contributed by atoms with van der Waals surface area (Å²) in [5.41, 5.74) is -0.818. The van der Waals surface area contributed by atoms with Crippen LogP contribution in [0.3, 0.4) is 0 Å². The van der Waals surface area contributed by atoms with Crippen LogP contribution in [0, 0.1) is 0 Å². The number of thioether (sulfide) groups is 1. The fourth-order valence-electron chi connectivity index (χ4n) is 2.60. The highest BCUT2D eigenvalue weighted by Gasteiger charge is 2.42. The summed E-state index contributed by atoms with van der Waals surface area (Å²) >= 11 is 13.8. The van der Waals surface area contributed by atoms with Gasteiger partial charge in [-0.3, -0.25) is 4.79 Å². The molecular weight excluding hydrogens is 317 g/mol. The van der Waals surface area contributed by atoms with E-state index in [4.69, 9.17) is 23.2 Å². The number of nitrogens with one attached hydrogen (secondary N) is 1. The molecule has 20 heavy (non-hydrogen) atoms. The number of likely N-dealkylation sites (N-methyl/N-ethyl adjacent to an activating group) is 1. The molecule has 0 heterocycles. The maximum atomic E-state index is 11.5. The lowest BCUT2D eigenvalue weighted by molar-refractivity contribution is -0.146. The molecule has 0 aromatic heterocycles. The van der Waals surface area contributed by atoms with Crippen molar-refractivity contribution in [3.05, 3.63) is 28.2 Å². The zero-order valence-corrected chi connectivity index (χ0v) is 13.5. The van der Waals surface area contributed by atoms with Gasteiger partial charge >= 0.3 is 5.97 Å². The number of benzene rings is 1. The van der Waals surface area contributed by atoms with E-state index in [9.17, 15) is 9.90 Å². The van der Waals surface area contributed by atoms with Gasteiger partial charge in [-0.2, -0.15) is 0 Å². The third-order valence-electron chi connectivity index (χ3n) is 3.78. The molecule has 1 saturated carbocycles. The van der Waals surface area contributed by atoms with Gasteiger partial charge in [0, 0.05) is 15.2 Å². The van der Waals surface area contributed by atoms with Crippen molar-refractivity contribution < 1.29 is 9.90 Å². The molecule has 6 heteroatoms. The molecule has 110 valence electrons. The van der Waals surface area contributed by atoms with Crippen molar-refractivity contribution >= 4 is 40.9 Å². The van der Waals surface area contributed by atoms with E-state index in [-0.39, 0.29) is 5.25 Å². The topological polar surface area (TPSA) is 49.3 Å². The zero-order valence-electron chi connectivity index (χ0n) is 11.2. The maximum Gasteiger partial charge on any atom is 0.323 e. The summed E-state index contributed by atoms with van der Waals surface area (Å²) in [7, 11) is 1.72. The Morgan fingerprint density at radius 1 is 1.50 bits per heavy atom. The molecule has 3 nitrogen and oxygen atoms in total. The predicted molar refractivity (Wildman–Crippen MR) is 84.0 cm³/mol. The largest absolute Gasteiger partial charge is 0.480 e. The highest BCUT2D eigenvalue weighted by molar-refractivity contribution is 8.00. The van der Waals surface area contributed by atoms with Gasteiger partial charge in [-0.25, -0.2) is 0 Å². The van der Waals surface area contributed by atoms with E-state index in [1.165, 1.54) is 0 Å². The van der Waals surface area contributed by atoms with E-state index in [0.717, 1.165) is 17.7 Å². The quantitative estimate of drug-likeness (QED) is 0.871. The molecule has 1 aromatic carbocycles. The van der Waals surface area contributed by atoms with Gasteiger partial charge in [0.05, 0.1) is 5.02 Å². The number of carboxylic acids is 1. The number of halogens is 2. The Labute approximate surface area is 133 Å². The third-order valence-corrected chi connectivity index (χ3v) is 5.78. The fourth-order valence-corrected chi connectivity index (χ4v) is 4.48. The lowest BCUT2D eigenvalue weighted by Gasteiger charge is -2.37. The Bertz CT molecular complexity index is 512. The molecule has 0 saturated heterocycles. The molecule has 1 aliphatic carbocycles. The number of aliphatic carboxylic acids is 1. The van der Waals surface area contributed by atoms with Crippen LogP contribution < -0.4 is 5.32 Å². The van der Waals surface area contributed by atoms with E-state index in [1.807, 2.05) is 6.07 Å². The fraction of sp³-hybridized carbons (Fsp3) is 0.500. The molecule has 0 amide bonds. The molecule has 2 unspecified atom stereocenters. The Morgan fingerprint density at radius 2 is 2.25 bits per heavy atom. The minimum atomic E-state index is -0.818. The van der Waals surface area contributed by atoms with Crippen LogP contribution in [0.15, 0.2) is 23.1 Å². The van der Waals surface area contributed by atoms with Crippen LogP contribution in [0.4, 0.5) is 0 Å². The monoisotopic (exact) mass is 333 g/mol. The smallest absolute Gasteiger partial charge is 0.323 e. The molecule has 1 fully saturated rings. The normalized spacial score (nSPS) is 26.4. The van der Waals surface area contributed by atoms with Gasteiger partial charge in [0.25, 0.3) is 0 Å². The highest BCUT2D eigenvalue weighted by atomic mass is 35.5. The molecular formula is C14H17Cl2NO2S. The summed E-state index contributed by atoms with van der Waals surface area (Å²) in [6, 6.07) is 5.37. The summed E-state index contributed by atoms with van der Waals surface area (Å²) in [5, 5.41) is 14.0. The van der Waals surface area contributed by atoms with Gasteiger partial charge in [-0.15, -0.1) is 11.8 Å². The Morgan fingerprint density at radius 3 is 2.90 bits per heavy atom. The van der Waals surface area contributed by atoms with Gasteiger partial charge in [0.15, 0.2) is 0 Å². The predicted octanol–water partition coefficient (Wildman–Crippen LogP) is 4.07. The molecule has 2 N–H and O–H groups in total. The first-order valence-corrected chi connectivity index (χ1v) is 8.14. The molecule has 1 aliphatic rings. The van der Waals surface area contributed by atoms with Gasteiger partial charge in [0.2, 0.25) is 0 Å². The van der Waals surface area contributed by atoms with Crippen molar-refractivity contribution in [3.63, 3.8) is 0 Å². The van der Waals surface area contributed by atoms with Crippen LogP contribution in [0.1, 0.15) is 25.7 Å². The van der Waals surface area contributed by atoms with Crippen LogP contribution in [0.25, 0.3) is 0 Å². The first-order valence-electron chi connectivity index (χ1n) is 6.51. The first kappa shape index (κ1) is 16.0. The van der Waals surface area contributed by atoms with Crippen LogP contribution in [-0.4, -0.2) is 28.9 Å². The summed E-state index contributed by atoms with van der Waals surface area (Å²) in [6.45, 7) is 0. The first-order chi connectivity index (χ1) is 9.47. The zero-order chi connectivity index (χ0) is 14.8. The summed E-state index contributed by atoms with van der Waals surface area (Å²) in [4.78, 5) is 12.4. The molecule has 0 aliphatic heterocycles. The van der Waals surface area contributed by atoms with Crippen LogP contribution in [-0.2, 0) is 4.79 Å². The van der Waals surface area contributed by atoms with Gasteiger partial charge in [0.1, 0.15) is 5.54 Å². The van der Waals surface area contributed by atoms with Crippen molar-refractivity contribution in [2.75, 3.05) is 7.05 Å². The van der Waals surface area contributed by atoms with Crippen molar-refractivity contribution in [1.82, 2.24) is 5.32 Å². The number of carboxylic acid groups (broad SMARTS) is 1. The number of hydrogen-bond donors (Lipinski definition) is 2. The van der Waals surface area contributed by atoms with E-state index in [2.05, 4.69) is 5.32 Å². The van der Waals surface area contributed by atoms with Crippen molar-refractivity contribution in [3.8, 4) is 0 Å². The lowest BCUT2D eigenvalue weighted by Crippen LogP contribution is -2.53. The lowest BCUT2D eigenvalue weighted by atomic mass is 9.81. The van der Waals surface area contributed by atoms with E-state index < -0.39 is 11.5 Å². The number of carbonyl (C=O) groups is 1. The average molecular weight is 334 g/mol. The second kappa shape index (κ2) is 6.56. The third kappa shape index (κ3) is 3.42. The number of hydrogen-bond acceptors (Lipinski definition) is 3. The molecule has 2 rings (SSSR count). The van der Waals surface area contributed by atoms with E-state index in [0.29, 0.717) is 22.9 Å². The van der Waals surface area contributed by atoms with Gasteiger partial charge in [-0.05, 0) is 50.9 Å². The standard InChI is InChI=1S/C14H17Cl2NO2S/c1-17-14(13(18)19)6-2-3-10(8-14)20-12-7-9(15)4-5-11(12)16/h4-5,7,10,17H,2-3,6,8H2,1H3,(H,18,19). The second-order valence-electron chi connectivity index (χ2n) is 5.05. The van der Waals surface area contributed by atoms with Gasteiger partial charge in [-0.1, -0.05) is 23.2 Å². The van der Waals surface area contributed by atoms with E-state index in [1.54, 1.807) is 30.9 Å². The Balaban J connectivity index is 2.13. The van der Waals surface area contributed by atoms with Crippen LogP contribution >= 0.6 is 35.0 Å². The molecule has 0 radical (unpaired) electrons. The number of rotatable bonds is 4. The minimum absolute atomic E-state index is 0.225. The second-order valence-corrected chi connectivity index (χ2v) is 7.23. The molecule has 0 bridgehead atoms. The average Bonchev–Trinajstić information content (AvgIpc) is 2.43. The highest BCUT2D eigenvalue weighted by Crippen LogP contribution is 2.41. The van der Waals surface area contributed by atoms with Crippen LogP contribution in [0.5, 0.6) is 0 Å². The maximum absolute atomic E-state index is 11.5. The van der Waals surface area contributed by atoms with Crippen LogP contribution in [0.2, 0.25) is 10.0 Å². The molecule has 1 aromatic rings. The molecule has 0 spiro atoms. The summed E-state index contributed by atoms with van der Waals surface area (Å²) in [5.74, 6) is -0.775. The Kier molecular flexibility index (Phi) is 5.24.